The number of aliphatic hydroxyl groups excluding tert-OH is 2. The minimum Gasteiger partial charge on any atom is -0.390 e. The van der Waals surface area contributed by atoms with Gasteiger partial charge in [0.25, 0.3) is 0 Å². The van der Waals surface area contributed by atoms with E-state index in [0.717, 1.165) is 0 Å². The van der Waals surface area contributed by atoms with E-state index in [4.69, 9.17) is 23.2 Å². The second kappa shape index (κ2) is 6.01. The van der Waals surface area contributed by atoms with Crippen LogP contribution in [0, 0.1) is 0 Å². The lowest BCUT2D eigenvalue weighted by atomic mass is 10.0. The zero-order valence-corrected chi connectivity index (χ0v) is 10.8. The highest BCUT2D eigenvalue weighted by molar-refractivity contribution is 9.09. The van der Waals surface area contributed by atoms with Crippen molar-refractivity contribution in [2.75, 3.05) is 5.33 Å². The van der Waals surface area contributed by atoms with Crippen LogP contribution in [-0.4, -0.2) is 26.6 Å². The number of nitrogens with zero attached hydrogens (tertiary/aromatic N) is 1. The standard InChI is InChI=1S/C9H10BrCl2NO2/c10-3-1-6(14)8(15)7-5(11)2-4-13-9(7)12/h2,4,6,8,14-15H,1,3H2. The van der Waals surface area contributed by atoms with Gasteiger partial charge in [0.05, 0.1) is 11.1 Å². The van der Waals surface area contributed by atoms with E-state index >= 15 is 0 Å². The lowest BCUT2D eigenvalue weighted by Gasteiger charge is -2.18. The zero-order valence-electron chi connectivity index (χ0n) is 7.70. The summed E-state index contributed by atoms with van der Waals surface area (Å²) in [4.78, 5) is 3.80. The Morgan fingerprint density at radius 3 is 2.60 bits per heavy atom. The van der Waals surface area contributed by atoms with Gasteiger partial charge >= 0.3 is 0 Å². The average molecular weight is 315 g/mol. The summed E-state index contributed by atoms with van der Waals surface area (Å²) in [5.74, 6) is 0. The maximum Gasteiger partial charge on any atom is 0.136 e. The van der Waals surface area contributed by atoms with Crippen molar-refractivity contribution >= 4 is 39.1 Å². The van der Waals surface area contributed by atoms with Crippen LogP contribution >= 0.6 is 39.1 Å². The summed E-state index contributed by atoms with van der Waals surface area (Å²) >= 11 is 14.8. The lowest BCUT2D eigenvalue weighted by molar-refractivity contribution is 0.0173. The van der Waals surface area contributed by atoms with Gasteiger partial charge in [-0.3, -0.25) is 0 Å². The fourth-order valence-corrected chi connectivity index (χ4v) is 2.20. The number of hydrogen-bond acceptors (Lipinski definition) is 3. The predicted octanol–water partition coefficient (Wildman–Crippen LogP) is 2.57. The van der Waals surface area contributed by atoms with Gasteiger partial charge in [0.1, 0.15) is 11.3 Å². The van der Waals surface area contributed by atoms with Crippen molar-refractivity contribution in [3.63, 3.8) is 0 Å². The van der Waals surface area contributed by atoms with Crippen LogP contribution in [0.1, 0.15) is 18.1 Å². The summed E-state index contributed by atoms with van der Waals surface area (Å²) in [6.45, 7) is 0. The normalized spacial score (nSPS) is 15.0. The molecule has 84 valence electrons. The Kier molecular flexibility index (Phi) is 5.29. The van der Waals surface area contributed by atoms with E-state index in [-0.39, 0.29) is 10.7 Å². The average Bonchev–Trinajstić information content (AvgIpc) is 2.17. The molecule has 2 N–H and O–H groups in total. The van der Waals surface area contributed by atoms with Crippen LogP contribution in [0.4, 0.5) is 0 Å². The number of rotatable bonds is 4. The van der Waals surface area contributed by atoms with E-state index in [9.17, 15) is 10.2 Å². The molecule has 6 heteroatoms. The number of pyridine rings is 1. The third-order valence-electron chi connectivity index (χ3n) is 1.95. The predicted molar refractivity (Wildman–Crippen MR) is 63.6 cm³/mol. The molecule has 1 aromatic heterocycles. The largest absolute Gasteiger partial charge is 0.390 e. The molecule has 0 radical (unpaired) electrons. The third kappa shape index (κ3) is 3.29. The van der Waals surface area contributed by atoms with E-state index in [2.05, 4.69) is 20.9 Å². The number of aliphatic hydroxyl groups is 2. The molecule has 3 nitrogen and oxygen atoms in total. The Bertz CT molecular complexity index is 318. The fourth-order valence-electron chi connectivity index (χ4n) is 1.15. The molecule has 0 aromatic carbocycles. The summed E-state index contributed by atoms with van der Waals surface area (Å²) < 4.78 is 0. The van der Waals surface area contributed by atoms with Crippen LogP contribution < -0.4 is 0 Å². The quantitative estimate of drug-likeness (QED) is 0.663. The van der Waals surface area contributed by atoms with Crippen molar-refractivity contribution in [2.45, 2.75) is 18.6 Å². The van der Waals surface area contributed by atoms with Crippen LogP contribution in [0.25, 0.3) is 0 Å². The van der Waals surface area contributed by atoms with Gasteiger partial charge in [0, 0.05) is 17.1 Å². The molecule has 0 aliphatic carbocycles. The Hall–Kier alpha value is 0.130. The van der Waals surface area contributed by atoms with Crippen molar-refractivity contribution in [3.05, 3.63) is 28.0 Å². The van der Waals surface area contributed by atoms with Crippen LogP contribution in [-0.2, 0) is 0 Å². The lowest BCUT2D eigenvalue weighted by Crippen LogP contribution is -2.19. The van der Waals surface area contributed by atoms with E-state index in [1.807, 2.05) is 0 Å². The second-order valence-electron chi connectivity index (χ2n) is 2.99. The Morgan fingerprint density at radius 1 is 1.40 bits per heavy atom. The van der Waals surface area contributed by atoms with Crippen molar-refractivity contribution in [2.24, 2.45) is 0 Å². The molecule has 2 atom stereocenters. The molecule has 0 amide bonds. The monoisotopic (exact) mass is 313 g/mol. The van der Waals surface area contributed by atoms with E-state index in [1.54, 1.807) is 0 Å². The van der Waals surface area contributed by atoms with Crippen LogP contribution in [0.2, 0.25) is 10.2 Å². The molecule has 0 aliphatic rings. The number of alkyl halides is 1. The molecule has 0 aliphatic heterocycles. The summed E-state index contributed by atoms with van der Waals surface area (Å²) in [5.41, 5.74) is 0.272. The Balaban J connectivity index is 2.94. The smallest absolute Gasteiger partial charge is 0.136 e. The molecule has 0 saturated heterocycles. The van der Waals surface area contributed by atoms with Gasteiger partial charge in [-0.2, -0.15) is 0 Å². The molecular formula is C9H10BrCl2NO2. The van der Waals surface area contributed by atoms with Gasteiger partial charge in [0.15, 0.2) is 0 Å². The maximum atomic E-state index is 9.80. The van der Waals surface area contributed by atoms with Crippen molar-refractivity contribution in [1.29, 1.82) is 0 Å². The molecule has 1 aromatic rings. The molecule has 2 unspecified atom stereocenters. The van der Waals surface area contributed by atoms with Crippen molar-refractivity contribution in [3.8, 4) is 0 Å². The molecule has 1 rings (SSSR count). The Morgan fingerprint density at radius 2 is 2.07 bits per heavy atom. The van der Waals surface area contributed by atoms with E-state index < -0.39 is 12.2 Å². The van der Waals surface area contributed by atoms with Crippen molar-refractivity contribution in [1.82, 2.24) is 4.98 Å². The van der Waals surface area contributed by atoms with Crippen molar-refractivity contribution < 1.29 is 10.2 Å². The molecular weight excluding hydrogens is 305 g/mol. The first-order valence-electron chi connectivity index (χ1n) is 4.30. The number of halogens is 3. The number of hydrogen-bond donors (Lipinski definition) is 2. The highest BCUT2D eigenvalue weighted by Crippen LogP contribution is 2.31. The van der Waals surface area contributed by atoms with Crippen LogP contribution in [0.15, 0.2) is 12.3 Å². The van der Waals surface area contributed by atoms with E-state index in [1.165, 1.54) is 12.3 Å². The van der Waals surface area contributed by atoms with E-state index in [0.29, 0.717) is 16.8 Å². The minimum atomic E-state index is -1.11. The second-order valence-corrected chi connectivity index (χ2v) is 4.55. The molecule has 0 bridgehead atoms. The first-order chi connectivity index (χ1) is 7.07. The zero-order chi connectivity index (χ0) is 11.4. The number of aromatic nitrogens is 1. The van der Waals surface area contributed by atoms with Crippen LogP contribution in [0.3, 0.4) is 0 Å². The topological polar surface area (TPSA) is 53.4 Å². The summed E-state index contributed by atoms with van der Waals surface area (Å²) in [6, 6.07) is 1.52. The highest BCUT2D eigenvalue weighted by Gasteiger charge is 2.23. The molecule has 15 heavy (non-hydrogen) atoms. The minimum absolute atomic E-state index is 0.114. The van der Waals surface area contributed by atoms with Gasteiger partial charge in [-0.1, -0.05) is 39.1 Å². The van der Waals surface area contributed by atoms with Gasteiger partial charge in [-0.25, -0.2) is 4.98 Å². The van der Waals surface area contributed by atoms with Gasteiger partial charge < -0.3 is 10.2 Å². The molecule has 0 spiro atoms. The summed E-state index contributed by atoms with van der Waals surface area (Å²) in [7, 11) is 0. The molecule has 0 saturated carbocycles. The molecule has 0 fully saturated rings. The van der Waals surface area contributed by atoms with Gasteiger partial charge in [-0.05, 0) is 12.5 Å². The maximum absolute atomic E-state index is 9.80. The Labute approximate surface area is 106 Å². The highest BCUT2D eigenvalue weighted by atomic mass is 79.9. The third-order valence-corrected chi connectivity index (χ3v) is 3.04. The fraction of sp³-hybridized carbons (Fsp3) is 0.444. The van der Waals surface area contributed by atoms with Gasteiger partial charge in [0.2, 0.25) is 0 Å². The summed E-state index contributed by atoms with van der Waals surface area (Å²) in [5, 5.41) is 20.4. The van der Waals surface area contributed by atoms with Crippen LogP contribution in [0.5, 0.6) is 0 Å². The first kappa shape index (κ1) is 13.2. The molecule has 1 heterocycles. The SMILES string of the molecule is OC(CCBr)C(O)c1c(Cl)ccnc1Cl. The summed E-state index contributed by atoms with van der Waals surface area (Å²) in [6.07, 6.45) is -0.180. The first-order valence-corrected chi connectivity index (χ1v) is 6.17. The van der Waals surface area contributed by atoms with Gasteiger partial charge in [-0.15, -0.1) is 0 Å².